The molecule has 0 radical (unpaired) electrons. The third-order valence-electron chi connectivity index (χ3n) is 14.0. The van der Waals surface area contributed by atoms with Crippen LogP contribution in [0.4, 0.5) is 0 Å². The molecule has 0 saturated carbocycles. The number of carbonyl (C=O) groups excluding carboxylic acids is 1. The highest BCUT2D eigenvalue weighted by Gasteiger charge is 2.68. The summed E-state index contributed by atoms with van der Waals surface area (Å²) in [6.07, 6.45) is 4.85. The second-order valence-corrected chi connectivity index (χ2v) is 17.4. The number of hydrogen-bond donors (Lipinski definition) is 2. The predicted molar refractivity (Wildman–Crippen MR) is 186 cm³/mol. The third kappa shape index (κ3) is 6.59. The predicted octanol–water partition coefficient (Wildman–Crippen LogP) is 3.44. The van der Waals surface area contributed by atoms with Crippen LogP contribution in [0.1, 0.15) is 90.4 Å². The number of aliphatic hydroxyl groups is 1. The summed E-state index contributed by atoms with van der Waals surface area (Å²) >= 11 is 0. The maximum Gasteiger partial charge on any atom is 0.172 e. The van der Waals surface area contributed by atoms with E-state index in [0.29, 0.717) is 25.7 Å². The molecular weight excluding hydrogens is 670 g/mol. The van der Waals surface area contributed by atoms with Crippen molar-refractivity contribution in [3.8, 4) is 0 Å². The van der Waals surface area contributed by atoms with Crippen LogP contribution in [0.5, 0.6) is 0 Å². The highest BCUT2D eigenvalue weighted by molar-refractivity contribution is 5.79. The number of ether oxygens (including phenoxy) is 9. The van der Waals surface area contributed by atoms with Gasteiger partial charge in [0.25, 0.3) is 0 Å². The van der Waals surface area contributed by atoms with Gasteiger partial charge >= 0.3 is 0 Å². The number of hydrogen-bond acceptors (Lipinski definition) is 12. The van der Waals surface area contributed by atoms with Gasteiger partial charge in [-0.05, 0) is 62.0 Å². The Balaban J connectivity index is 0.994. The molecule has 0 aromatic carbocycles. The first-order valence-corrected chi connectivity index (χ1v) is 20.2. The van der Waals surface area contributed by atoms with Crippen LogP contribution < -0.4 is 5.73 Å². The lowest BCUT2D eigenvalue weighted by atomic mass is 9.81. The van der Waals surface area contributed by atoms with Crippen molar-refractivity contribution in [2.45, 2.75) is 194 Å². The molecule has 1 spiro atoms. The second-order valence-electron chi connectivity index (χ2n) is 17.4. The van der Waals surface area contributed by atoms with E-state index in [2.05, 4.69) is 20.1 Å². The number of ketones is 1. The fraction of sp³-hybridized carbons (Fsp3) is 0.875. The Labute approximate surface area is 307 Å². The third-order valence-corrected chi connectivity index (χ3v) is 14.0. The molecule has 10 saturated heterocycles. The van der Waals surface area contributed by atoms with Crippen molar-refractivity contribution in [3.05, 3.63) is 24.3 Å². The lowest BCUT2D eigenvalue weighted by Crippen LogP contribution is -2.61. The molecule has 12 nitrogen and oxygen atoms in total. The highest BCUT2D eigenvalue weighted by atomic mass is 16.8. The molecule has 52 heavy (non-hydrogen) atoms. The first-order valence-electron chi connectivity index (χ1n) is 20.2. The van der Waals surface area contributed by atoms with Crippen LogP contribution in [0.3, 0.4) is 0 Å². The molecule has 12 heteroatoms. The summed E-state index contributed by atoms with van der Waals surface area (Å²) in [5, 5.41) is 10.5. The van der Waals surface area contributed by atoms with Gasteiger partial charge in [0.05, 0.1) is 67.1 Å². The van der Waals surface area contributed by atoms with Gasteiger partial charge in [-0.3, -0.25) is 4.79 Å². The lowest BCUT2D eigenvalue weighted by Gasteiger charge is -2.47. The summed E-state index contributed by atoms with van der Waals surface area (Å²) in [6.45, 7) is 11.3. The first-order chi connectivity index (χ1) is 25.1. The Bertz CT molecular complexity index is 1380. The van der Waals surface area contributed by atoms with Crippen LogP contribution in [0.2, 0.25) is 0 Å². The van der Waals surface area contributed by atoms with E-state index in [0.717, 1.165) is 56.1 Å². The van der Waals surface area contributed by atoms with Crippen LogP contribution in [0.15, 0.2) is 24.3 Å². The van der Waals surface area contributed by atoms with E-state index in [9.17, 15) is 9.90 Å². The monoisotopic (exact) mass is 729 g/mol. The zero-order chi connectivity index (χ0) is 35.9. The van der Waals surface area contributed by atoms with Gasteiger partial charge in [-0.1, -0.05) is 20.1 Å². The van der Waals surface area contributed by atoms with E-state index < -0.39 is 18.0 Å². The SMILES string of the molecule is C=C1C2C[C@@H]3OC(CC(O)CN)[C@H](OC)C3CC(=O)CC3CCC4OC5C6O[C@@H]7CC(CCC8CC(=C)[C@H](CC[C@@H](C[C@H]1C)O2)O8)(OC6[C@H]4O3)OC57. The van der Waals surface area contributed by atoms with Crippen molar-refractivity contribution in [1.82, 2.24) is 0 Å². The zero-order valence-electron chi connectivity index (χ0n) is 30.8. The van der Waals surface area contributed by atoms with Crippen molar-refractivity contribution in [2.24, 2.45) is 17.6 Å². The molecule has 10 aliphatic rings. The number of methoxy groups -OCH3 is 1. The first kappa shape index (κ1) is 36.4. The van der Waals surface area contributed by atoms with Crippen LogP contribution in [-0.4, -0.2) is 128 Å². The molecule has 10 aliphatic heterocycles. The Morgan fingerprint density at radius 3 is 2.38 bits per heavy atom. The van der Waals surface area contributed by atoms with Crippen molar-refractivity contribution >= 4 is 5.78 Å². The molecule has 3 N–H and O–H groups in total. The van der Waals surface area contributed by atoms with Gasteiger partial charge < -0.3 is 53.5 Å². The maximum atomic E-state index is 14.1. The summed E-state index contributed by atoms with van der Waals surface area (Å²) in [5.74, 6) is -0.619. The largest absolute Gasteiger partial charge is 0.392 e. The normalized spacial score (nSPS) is 52.4. The van der Waals surface area contributed by atoms with Gasteiger partial charge in [0.1, 0.15) is 36.3 Å². The number of fused-ring (bicyclic) bond motifs is 6. The van der Waals surface area contributed by atoms with Gasteiger partial charge in [0, 0.05) is 58.1 Å². The molecule has 0 aliphatic carbocycles. The molecule has 12 unspecified atom stereocenters. The average molecular weight is 730 g/mol. The van der Waals surface area contributed by atoms with E-state index in [4.69, 9.17) is 48.4 Å². The smallest absolute Gasteiger partial charge is 0.172 e. The number of Topliss-reactive ketones (excluding diaryl/α,β-unsaturated/α-hetero) is 1. The highest BCUT2D eigenvalue weighted by Crippen LogP contribution is 2.54. The molecule has 10 fully saturated rings. The molecule has 12 bridgehead atoms. The van der Waals surface area contributed by atoms with Crippen LogP contribution in [-0.2, 0) is 47.4 Å². The van der Waals surface area contributed by atoms with E-state index in [1.807, 2.05) is 0 Å². The summed E-state index contributed by atoms with van der Waals surface area (Å²) in [7, 11) is 1.66. The minimum atomic E-state index is -0.780. The number of aliphatic hydroxyl groups excluding tert-OH is 1. The molecule has 0 aromatic heterocycles. The minimum Gasteiger partial charge on any atom is -0.392 e. The Morgan fingerprint density at radius 2 is 1.56 bits per heavy atom. The number of rotatable bonds is 4. The Hall–Kier alpha value is -1.29. The second kappa shape index (κ2) is 14.3. The van der Waals surface area contributed by atoms with E-state index in [1.165, 1.54) is 0 Å². The molecule has 0 amide bonds. The maximum absolute atomic E-state index is 14.1. The lowest BCUT2D eigenvalue weighted by molar-refractivity contribution is -0.292. The fourth-order valence-electron chi connectivity index (χ4n) is 11.3. The standard InChI is InChI=1S/C40H59NO11/c1-19-11-24-5-7-28-20(2)12-26(45-28)9-10-40-17-33-36(51-40)37-38(50-33)39(52-40)35-29(49-37)8-6-25(47-35)13-22(42)14-27-31(16-30(46-24)21(19)3)48-32(34(27)44-4)15-23(43)18-41/h19,23-39,43H,2-3,5-18,41H2,1,4H3/t19-,23?,24+,25?,26?,27?,28+,29?,30?,31+,32?,33-,34-,35+,36?,37?,38?,39?,40?/m1/s1. The molecule has 19 atom stereocenters. The molecule has 10 rings (SSSR count). The molecule has 10 heterocycles. The van der Waals surface area contributed by atoms with Gasteiger partial charge in [0.2, 0.25) is 0 Å². The fourth-order valence-corrected chi connectivity index (χ4v) is 11.3. The number of carbonyl (C=O) groups is 1. The van der Waals surface area contributed by atoms with Gasteiger partial charge in [-0.15, -0.1) is 0 Å². The Kier molecular flexibility index (Phi) is 10.0. The number of nitrogens with two attached hydrogens (primary N) is 1. The quantitative estimate of drug-likeness (QED) is 0.409. The van der Waals surface area contributed by atoms with Crippen LogP contribution in [0, 0.1) is 11.8 Å². The molecular formula is C40H59NO11. The van der Waals surface area contributed by atoms with Crippen molar-refractivity contribution in [2.75, 3.05) is 13.7 Å². The summed E-state index contributed by atoms with van der Waals surface area (Å²) < 4.78 is 60.0. The van der Waals surface area contributed by atoms with Crippen LogP contribution >= 0.6 is 0 Å². The van der Waals surface area contributed by atoms with E-state index in [1.54, 1.807) is 7.11 Å². The van der Waals surface area contributed by atoms with Crippen molar-refractivity contribution < 1.29 is 52.5 Å². The van der Waals surface area contributed by atoms with Crippen molar-refractivity contribution in [1.29, 1.82) is 0 Å². The van der Waals surface area contributed by atoms with Crippen molar-refractivity contribution in [3.63, 3.8) is 0 Å². The summed E-state index contributed by atoms with van der Waals surface area (Å²) in [4.78, 5) is 14.1. The van der Waals surface area contributed by atoms with Gasteiger partial charge in [0.15, 0.2) is 5.79 Å². The Morgan fingerprint density at radius 1 is 0.808 bits per heavy atom. The van der Waals surface area contributed by atoms with E-state index >= 15 is 0 Å². The average Bonchev–Trinajstić information content (AvgIpc) is 3.79. The van der Waals surface area contributed by atoms with Gasteiger partial charge in [-0.25, -0.2) is 0 Å². The summed E-state index contributed by atoms with van der Waals surface area (Å²) in [6, 6.07) is 0. The van der Waals surface area contributed by atoms with Crippen LogP contribution in [0.25, 0.3) is 0 Å². The van der Waals surface area contributed by atoms with E-state index in [-0.39, 0.29) is 122 Å². The van der Waals surface area contributed by atoms with Gasteiger partial charge in [-0.2, -0.15) is 0 Å². The zero-order valence-corrected chi connectivity index (χ0v) is 30.8. The topological polar surface area (TPSA) is 146 Å². The molecule has 0 aromatic rings. The molecule has 290 valence electrons. The minimum absolute atomic E-state index is 0.0158. The summed E-state index contributed by atoms with van der Waals surface area (Å²) in [5.41, 5.74) is 8.01.